The summed E-state index contributed by atoms with van der Waals surface area (Å²) in [5, 5.41) is 7.85. The zero-order valence-electron chi connectivity index (χ0n) is 9.76. The molecule has 3 aromatic rings. The highest BCUT2D eigenvalue weighted by Gasteiger charge is 2.09. The summed E-state index contributed by atoms with van der Waals surface area (Å²) in [7, 11) is 0. The van der Waals surface area contributed by atoms with Crippen LogP contribution >= 0.6 is 0 Å². The molecule has 0 spiro atoms. The third-order valence-corrected chi connectivity index (χ3v) is 2.82. The van der Waals surface area contributed by atoms with E-state index in [1.165, 1.54) is 12.1 Å². The lowest BCUT2D eigenvalue weighted by molar-refractivity contribution is -0.120. The van der Waals surface area contributed by atoms with Crippen molar-refractivity contribution in [3.8, 4) is 17.0 Å². The molecule has 1 aromatic heterocycles. The van der Waals surface area contributed by atoms with Gasteiger partial charge in [-0.2, -0.15) is 5.10 Å². The Morgan fingerprint density at radius 1 is 1.21 bits per heavy atom. The number of fused-ring (bicyclic) bond motifs is 1. The second-order valence-corrected chi connectivity index (χ2v) is 4.00. The molecular formula is C14H9FN2O2. The number of hydrogen-bond acceptors (Lipinski definition) is 3. The molecule has 0 saturated carbocycles. The molecular weight excluding hydrogens is 247 g/mol. The Hall–Kier alpha value is -2.69. The maximum Gasteiger partial charge on any atom is 0.298 e. The molecule has 0 saturated heterocycles. The van der Waals surface area contributed by atoms with Gasteiger partial charge in [-0.15, -0.1) is 0 Å². The van der Waals surface area contributed by atoms with Crippen molar-refractivity contribution in [2.75, 3.05) is 0 Å². The normalized spacial score (nSPS) is 10.6. The third kappa shape index (κ3) is 2.06. The van der Waals surface area contributed by atoms with Crippen molar-refractivity contribution in [1.82, 2.24) is 10.2 Å². The number of benzene rings is 2. The SMILES string of the molecule is O=COc1ccc2c(-c3cccc(F)c3)n[nH]c2c1. The molecule has 0 bridgehead atoms. The Morgan fingerprint density at radius 2 is 2.11 bits per heavy atom. The lowest BCUT2D eigenvalue weighted by Gasteiger charge is -1.99. The number of H-pyrrole nitrogens is 1. The summed E-state index contributed by atoms with van der Waals surface area (Å²) < 4.78 is 18.0. The molecule has 0 unspecified atom stereocenters. The zero-order chi connectivity index (χ0) is 13.2. The predicted octanol–water partition coefficient (Wildman–Crippen LogP) is 2.90. The second-order valence-electron chi connectivity index (χ2n) is 4.00. The molecule has 94 valence electrons. The van der Waals surface area contributed by atoms with Crippen molar-refractivity contribution in [3.05, 3.63) is 48.3 Å². The summed E-state index contributed by atoms with van der Waals surface area (Å²) in [5.41, 5.74) is 2.07. The minimum atomic E-state index is -0.311. The first-order valence-electron chi connectivity index (χ1n) is 5.62. The van der Waals surface area contributed by atoms with Gasteiger partial charge in [-0.1, -0.05) is 12.1 Å². The first-order chi connectivity index (χ1) is 9.28. The Balaban J connectivity index is 2.13. The lowest BCUT2D eigenvalue weighted by atomic mass is 10.1. The van der Waals surface area contributed by atoms with E-state index < -0.39 is 0 Å². The van der Waals surface area contributed by atoms with E-state index in [0.717, 1.165) is 10.9 Å². The van der Waals surface area contributed by atoms with Gasteiger partial charge in [0, 0.05) is 17.0 Å². The maximum atomic E-state index is 13.2. The van der Waals surface area contributed by atoms with E-state index in [4.69, 9.17) is 4.74 Å². The number of carbonyl (C=O) groups is 1. The Labute approximate surface area is 107 Å². The van der Waals surface area contributed by atoms with E-state index in [2.05, 4.69) is 10.2 Å². The van der Waals surface area contributed by atoms with Crippen LogP contribution in [0.25, 0.3) is 22.2 Å². The van der Waals surface area contributed by atoms with Gasteiger partial charge >= 0.3 is 0 Å². The number of ether oxygens (including phenoxy) is 1. The fourth-order valence-corrected chi connectivity index (χ4v) is 1.98. The van der Waals surface area contributed by atoms with Crippen LogP contribution in [0.3, 0.4) is 0 Å². The first-order valence-corrected chi connectivity index (χ1v) is 5.62. The van der Waals surface area contributed by atoms with Gasteiger partial charge < -0.3 is 4.74 Å². The molecule has 19 heavy (non-hydrogen) atoms. The molecule has 0 aliphatic rings. The molecule has 1 heterocycles. The molecule has 3 rings (SSSR count). The zero-order valence-corrected chi connectivity index (χ0v) is 9.76. The summed E-state index contributed by atoms with van der Waals surface area (Å²) in [6.07, 6.45) is 0. The average molecular weight is 256 g/mol. The number of nitrogens with one attached hydrogen (secondary N) is 1. The minimum Gasteiger partial charge on any atom is -0.429 e. The Kier molecular flexibility index (Phi) is 2.72. The number of halogens is 1. The summed E-state index contributed by atoms with van der Waals surface area (Å²) in [4.78, 5) is 10.3. The van der Waals surface area contributed by atoms with Crippen LogP contribution in [0.2, 0.25) is 0 Å². The number of nitrogens with zero attached hydrogens (tertiary/aromatic N) is 1. The predicted molar refractivity (Wildman–Crippen MR) is 68.2 cm³/mol. The van der Waals surface area contributed by atoms with E-state index in [-0.39, 0.29) is 5.82 Å². The number of hydrogen-bond donors (Lipinski definition) is 1. The van der Waals surface area contributed by atoms with Gasteiger partial charge in [-0.3, -0.25) is 9.89 Å². The number of aromatic amines is 1. The van der Waals surface area contributed by atoms with Crippen molar-refractivity contribution in [1.29, 1.82) is 0 Å². The van der Waals surface area contributed by atoms with E-state index in [1.807, 2.05) is 0 Å². The molecule has 0 radical (unpaired) electrons. The Bertz CT molecular complexity index is 752. The second kappa shape index (κ2) is 4.53. The van der Waals surface area contributed by atoms with Gasteiger partial charge in [-0.25, -0.2) is 4.39 Å². The monoisotopic (exact) mass is 256 g/mol. The topological polar surface area (TPSA) is 55.0 Å². The molecule has 0 fully saturated rings. The summed E-state index contributed by atoms with van der Waals surface area (Å²) in [6.45, 7) is 0.366. The number of aromatic nitrogens is 2. The summed E-state index contributed by atoms with van der Waals surface area (Å²) in [5.74, 6) is 0.117. The first kappa shape index (κ1) is 11.4. The molecule has 5 heteroatoms. The van der Waals surface area contributed by atoms with Crippen LogP contribution in [-0.2, 0) is 4.79 Å². The van der Waals surface area contributed by atoms with Crippen LogP contribution in [0.4, 0.5) is 4.39 Å². The van der Waals surface area contributed by atoms with Crippen LogP contribution in [0.1, 0.15) is 0 Å². The van der Waals surface area contributed by atoms with Crippen molar-refractivity contribution in [3.63, 3.8) is 0 Å². The molecule has 0 atom stereocenters. The molecule has 1 N–H and O–H groups in total. The van der Waals surface area contributed by atoms with E-state index in [1.54, 1.807) is 30.3 Å². The van der Waals surface area contributed by atoms with Crippen molar-refractivity contribution in [2.45, 2.75) is 0 Å². The Morgan fingerprint density at radius 3 is 2.89 bits per heavy atom. The minimum absolute atomic E-state index is 0.311. The average Bonchev–Trinajstić information content (AvgIpc) is 2.82. The van der Waals surface area contributed by atoms with E-state index >= 15 is 0 Å². The highest BCUT2D eigenvalue weighted by atomic mass is 19.1. The van der Waals surface area contributed by atoms with E-state index in [9.17, 15) is 9.18 Å². The van der Waals surface area contributed by atoms with Crippen LogP contribution in [-0.4, -0.2) is 16.7 Å². The fraction of sp³-hybridized carbons (Fsp3) is 0. The van der Waals surface area contributed by atoms with Gasteiger partial charge in [0.15, 0.2) is 0 Å². The largest absolute Gasteiger partial charge is 0.429 e. The van der Waals surface area contributed by atoms with Crippen LogP contribution in [0, 0.1) is 5.82 Å². The van der Waals surface area contributed by atoms with Crippen LogP contribution in [0.15, 0.2) is 42.5 Å². The van der Waals surface area contributed by atoms with Crippen molar-refractivity contribution >= 4 is 17.4 Å². The standard InChI is InChI=1S/C14H9FN2O2/c15-10-3-1-2-9(6-10)14-12-5-4-11(19-8-18)7-13(12)16-17-14/h1-8H,(H,16,17). The lowest BCUT2D eigenvalue weighted by Crippen LogP contribution is -1.87. The van der Waals surface area contributed by atoms with Crippen LogP contribution < -0.4 is 4.74 Å². The molecule has 4 nitrogen and oxygen atoms in total. The van der Waals surface area contributed by atoms with Gasteiger partial charge in [-0.05, 0) is 24.3 Å². The summed E-state index contributed by atoms with van der Waals surface area (Å²) >= 11 is 0. The summed E-state index contributed by atoms with van der Waals surface area (Å²) in [6, 6.07) is 11.3. The number of rotatable bonds is 3. The van der Waals surface area contributed by atoms with Gasteiger partial charge in [0.05, 0.1) is 5.52 Å². The van der Waals surface area contributed by atoms with Crippen molar-refractivity contribution < 1.29 is 13.9 Å². The fourth-order valence-electron chi connectivity index (χ4n) is 1.98. The molecule has 0 amide bonds. The molecule has 0 aliphatic heterocycles. The molecule has 2 aromatic carbocycles. The van der Waals surface area contributed by atoms with Crippen LogP contribution in [0.5, 0.6) is 5.75 Å². The maximum absolute atomic E-state index is 13.2. The van der Waals surface area contributed by atoms with E-state index in [0.29, 0.717) is 23.5 Å². The van der Waals surface area contributed by atoms with Gasteiger partial charge in [0.25, 0.3) is 6.47 Å². The van der Waals surface area contributed by atoms with Crippen molar-refractivity contribution in [2.24, 2.45) is 0 Å². The number of carbonyl (C=O) groups excluding carboxylic acids is 1. The van der Waals surface area contributed by atoms with Gasteiger partial charge in [0.2, 0.25) is 0 Å². The molecule has 0 aliphatic carbocycles. The van der Waals surface area contributed by atoms with Gasteiger partial charge in [0.1, 0.15) is 17.3 Å². The quantitative estimate of drug-likeness (QED) is 0.733. The third-order valence-electron chi connectivity index (χ3n) is 2.82. The smallest absolute Gasteiger partial charge is 0.298 e. The highest BCUT2D eigenvalue weighted by Crippen LogP contribution is 2.28. The highest BCUT2D eigenvalue weighted by molar-refractivity contribution is 5.93.